The molecule has 2 fully saturated rings. The number of benzene rings is 3. The molecule has 7 rings (SSSR count). The highest BCUT2D eigenvalue weighted by molar-refractivity contribution is 5.96. The van der Waals surface area contributed by atoms with Gasteiger partial charge in [0.15, 0.2) is 0 Å². The second-order valence-corrected chi connectivity index (χ2v) is 13.6. The minimum atomic E-state index is -1.15. The van der Waals surface area contributed by atoms with Crippen LogP contribution >= 0.6 is 0 Å². The molecule has 0 unspecified atom stereocenters. The Morgan fingerprint density at radius 2 is 1.75 bits per heavy atom. The van der Waals surface area contributed by atoms with E-state index in [0.717, 1.165) is 48.0 Å². The number of pyridine rings is 1. The molecule has 10 heteroatoms. The van der Waals surface area contributed by atoms with E-state index in [9.17, 15) is 14.4 Å². The Kier molecular flexibility index (Phi) is 9.92. The molecule has 1 aliphatic carbocycles. The quantitative estimate of drug-likeness (QED) is 0.171. The summed E-state index contributed by atoms with van der Waals surface area (Å²) in [4.78, 5) is 48.6. The number of rotatable bonds is 7. The van der Waals surface area contributed by atoms with Crippen LogP contribution in [0.1, 0.15) is 44.9 Å². The van der Waals surface area contributed by atoms with Crippen LogP contribution < -0.4 is 20.1 Å². The van der Waals surface area contributed by atoms with Crippen LogP contribution in [0.25, 0.3) is 22.2 Å². The standard InChI is InChI=1S/C41H44N4O6/c1-49-30-20-21-32-35(22-30)43-34(27-14-8-6-9-15-27)24-37(32)51-31-23-36-38(46)44-41(40(48)50-2)25-28(41)16-10-4-3-5-13-19-33(39(47)45(36)26-31)42-29-17-11-7-12-18-29/h6-12,14-18,20-22,24,28,31,33,36,42H,3-5,13,19,23,25-26H2,1-2H3,(H,44,46)/b16-10-/t28-,31+,33-,36-,41+/m0/s1. The first-order chi connectivity index (χ1) is 24.9. The summed E-state index contributed by atoms with van der Waals surface area (Å²) in [6.45, 7) is 0.194. The zero-order valence-corrected chi connectivity index (χ0v) is 29.0. The molecule has 0 radical (unpaired) electrons. The smallest absolute Gasteiger partial charge is 0.332 e. The fourth-order valence-corrected chi connectivity index (χ4v) is 7.39. The molecule has 3 aromatic carbocycles. The van der Waals surface area contributed by atoms with Crippen molar-refractivity contribution in [3.05, 3.63) is 97.1 Å². The first-order valence-electron chi connectivity index (χ1n) is 17.8. The van der Waals surface area contributed by atoms with Gasteiger partial charge in [0.25, 0.3) is 0 Å². The predicted octanol–water partition coefficient (Wildman–Crippen LogP) is 6.31. The number of nitrogens with one attached hydrogen (secondary N) is 2. The lowest BCUT2D eigenvalue weighted by molar-refractivity contribution is -0.148. The van der Waals surface area contributed by atoms with E-state index in [1.165, 1.54) is 7.11 Å². The number of para-hydroxylation sites is 1. The molecule has 264 valence electrons. The Hall–Kier alpha value is -5.38. The summed E-state index contributed by atoms with van der Waals surface area (Å²) in [7, 11) is 2.96. The van der Waals surface area contributed by atoms with E-state index in [-0.39, 0.29) is 24.8 Å². The molecule has 3 heterocycles. The third-order valence-electron chi connectivity index (χ3n) is 10.2. The number of carbonyl (C=O) groups is 3. The number of nitrogens with zero attached hydrogens (tertiary/aromatic N) is 2. The van der Waals surface area contributed by atoms with Crippen molar-refractivity contribution in [3.63, 3.8) is 0 Å². The van der Waals surface area contributed by atoms with E-state index >= 15 is 0 Å². The van der Waals surface area contributed by atoms with Gasteiger partial charge >= 0.3 is 5.97 Å². The molecule has 1 saturated carbocycles. The van der Waals surface area contributed by atoms with Crippen molar-refractivity contribution in [1.82, 2.24) is 15.2 Å². The fourth-order valence-electron chi connectivity index (χ4n) is 7.39. The lowest BCUT2D eigenvalue weighted by Crippen LogP contribution is -2.55. The molecule has 2 amide bonds. The van der Waals surface area contributed by atoms with Crippen LogP contribution in [0.2, 0.25) is 0 Å². The number of ether oxygens (including phenoxy) is 3. The molecule has 10 nitrogen and oxygen atoms in total. The van der Waals surface area contributed by atoms with Gasteiger partial charge in [-0.1, -0.05) is 73.5 Å². The van der Waals surface area contributed by atoms with Crippen molar-refractivity contribution in [2.24, 2.45) is 5.92 Å². The minimum Gasteiger partial charge on any atom is -0.497 e. The fraction of sp³-hybridized carbons (Fsp3) is 0.366. The van der Waals surface area contributed by atoms with Gasteiger partial charge in [0, 0.05) is 41.1 Å². The monoisotopic (exact) mass is 688 g/mol. The molecule has 5 atom stereocenters. The summed E-state index contributed by atoms with van der Waals surface area (Å²) in [6, 6.07) is 25.7. The number of carbonyl (C=O) groups excluding carboxylic acids is 3. The van der Waals surface area contributed by atoms with Crippen molar-refractivity contribution in [2.75, 3.05) is 26.1 Å². The largest absolute Gasteiger partial charge is 0.497 e. The highest BCUT2D eigenvalue weighted by Gasteiger charge is 2.62. The lowest BCUT2D eigenvalue weighted by atomic mass is 10.0. The van der Waals surface area contributed by atoms with Crippen molar-refractivity contribution in [1.29, 1.82) is 0 Å². The zero-order valence-electron chi connectivity index (χ0n) is 29.0. The van der Waals surface area contributed by atoms with Gasteiger partial charge in [-0.05, 0) is 49.9 Å². The van der Waals surface area contributed by atoms with Gasteiger partial charge in [-0.25, -0.2) is 9.78 Å². The third-order valence-corrected chi connectivity index (χ3v) is 10.2. The number of esters is 1. The molecule has 51 heavy (non-hydrogen) atoms. The van der Waals surface area contributed by atoms with Gasteiger partial charge in [-0.15, -0.1) is 0 Å². The van der Waals surface area contributed by atoms with E-state index in [1.54, 1.807) is 12.0 Å². The van der Waals surface area contributed by atoms with Gasteiger partial charge in [0.2, 0.25) is 11.8 Å². The number of hydrogen-bond acceptors (Lipinski definition) is 8. The molecule has 4 aromatic rings. The SMILES string of the molecule is COC(=O)[C@@]12C[C@@H]1/C=C\CCCCC[C@H](Nc1ccccc1)C(=O)N1C[C@H](Oc3cc(-c4ccccc4)nc4cc(OC)ccc34)C[C@H]1C(=O)N2. The summed E-state index contributed by atoms with van der Waals surface area (Å²) < 4.78 is 17.4. The topological polar surface area (TPSA) is 119 Å². The molecule has 1 aromatic heterocycles. The molecular weight excluding hydrogens is 644 g/mol. The van der Waals surface area contributed by atoms with Crippen LogP contribution in [0.5, 0.6) is 11.5 Å². The molecule has 0 bridgehead atoms. The first-order valence-corrected chi connectivity index (χ1v) is 17.8. The normalized spacial score (nSPS) is 25.7. The number of hydrogen-bond donors (Lipinski definition) is 2. The Labute approximate surface area is 298 Å². The van der Waals surface area contributed by atoms with Gasteiger partial charge in [-0.3, -0.25) is 9.59 Å². The third kappa shape index (κ3) is 7.27. The molecule has 0 spiro atoms. The summed E-state index contributed by atoms with van der Waals surface area (Å²) in [5, 5.41) is 7.29. The first kappa shape index (κ1) is 34.1. The summed E-state index contributed by atoms with van der Waals surface area (Å²) >= 11 is 0. The van der Waals surface area contributed by atoms with Crippen LogP contribution in [0.15, 0.2) is 97.1 Å². The average molecular weight is 689 g/mol. The number of aromatic nitrogens is 1. The lowest BCUT2D eigenvalue weighted by Gasteiger charge is -2.30. The Bertz CT molecular complexity index is 1920. The summed E-state index contributed by atoms with van der Waals surface area (Å²) in [6.07, 6.45) is 8.54. The number of anilines is 1. The van der Waals surface area contributed by atoms with Gasteiger partial charge in [0.05, 0.1) is 32.0 Å². The van der Waals surface area contributed by atoms with Crippen LogP contribution in [-0.4, -0.2) is 72.2 Å². The number of fused-ring (bicyclic) bond motifs is 3. The van der Waals surface area contributed by atoms with Crippen molar-refractivity contribution in [2.45, 2.75) is 68.7 Å². The summed E-state index contributed by atoms with van der Waals surface area (Å²) in [5.41, 5.74) is 2.04. The zero-order chi connectivity index (χ0) is 35.4. The molecule has 3 aliphatic rings. The molecule has 2 N–H and O–H groups in total. The van der Waals surface area contributed by atoms with E-state index in [1.807, 2.05) is 91.0 Å². The van der Waals surface area contributed by atoms with Crippen molar-refractivity contribution >= 4 is 34.4 Å². The summed E-state index contributed by atoms with van der Waals surface area (Å²) in [5.74, 6) is 0.0598. The second-order valence-electron chi connectivity index (χ2n) is 13.6. The number of allylic oxidation sites excluding steroid dienone is 1. The van der Waals surface area contributed by atoms with Crippen LogP contribution in [-0.2, 0) is 19.1 Å². The van der Waals surface area contributed by atoms with Gasteiger partial charge in [0.1, 0.15) is 35.2 Å². The maximum atomic E-state index is 14.6. The maximum Gasteiger partial charge on any atom is 0.332 e. The van der Waals surface area contributed by atoms with E-state index in [4.69, 9.17) is 19.2 Å². The van der Waals surface area contributed by atoms with E-state index < -0.39 is 35.6 Å². The van der Waals surface area contributed by atoms with E-state index in [2.05, 4.69) is 16.7 Å². The number of methoxy groups -OCH3 is 2. The van der Waals surface area contributed by atoms with Crippen LogP contribution in [0.4, 0.5) is 5.69 Å². The molecular formula is C41H44N4O6. The Morgan fingerprint density at radius 3 is 2.51 bits per heavy atom. The Morgan fingerprint density at radius 1 is 0.961 bits per heavy atom. The second kappa shape index (κ2) is 14.8. The van der Waals surface area contributed by atoms with Gasteiger partial charge < -0.3 is 29.7 Å². The average Bonchev–Trinajstić information content (AvgIpc) is 3.69. The molecule has 2 aliphatic heterocycles. The van der Waals surface area contributed by atoms with E-state index in [0.29, 0.717) is 29.9 Å². The number of amides is 2. The van der Waals surface area contributed by atoms with Crippen LogP contribution in [0.3, 0.4) is 0 Å². The van der Waals surface area contributed by atoms with Crippen molar-refractivity contribution < 1.29 is 28.6 Å². The Balaban J connectivity index is 1.23. The minimum absolute atomic E-state index is 0.166. The highest BCUT2D eigenvalue weighted by atomic mass is 16.5. The van der Waals surface area contributed by atoms with Crippen molar-refractivity contribution in [3.8, 4) is 22.8 Å². The maximum absolute atomic E-state index is 14.6. The predicted molar refractivity (Wildman–Crippen MR) is 195 cm³/mol. The van der Waals surface area contributed by atoms with Gasteiger partial charge in [-0.2, -0.15) is 0 Å². The molecule has 1 saturated heterocycles. The highest BCUT2D eigenvalue weighted by Crippen LogP contribution is 2.46. The van der Waals surface area contributed by atoms with Crippen LogP contribution in [0, 0.1) is 5.92 Å².